The molecule has 1 fully saturated rings. The maximum absolute atomic E-state index is 8.83. The molecule has 0 spiro atoms. The molecule has 0 amide bonds. The largest absolute Gasteiger partial charge is 0.326 e. The van der Waals surface area contributed by atoms with Crippen LogP contribution in [0.1, 0.15) is 37.8 Å². The van der Waals surface area contributed by atoms with Gasteiger partial charge in [0.05, 0.1) is 6.07 Å². The van der Waals surface area contributed by atoms with Crippen LogP contribution in [0.25, 0.3) is 0 Å². The number of nitrogens with zero attached hydrogens (tertiary/aromatic N) is 2. The van der Waals surface area contributed by atoms with Gasteiger partial charge in [0, 0.05) is 35.6 Å². The first-order chi connectivity index (χ1) is 9.13. The van der Waals surface area contributed by atoms with E-state index in [-0.39, 0.29) is 12.1 Å². The summed E-state index contributed by atoms with van der Waals surface area (Å²) in [6.45, 7) is 2.86. The standard InChI is InChI=1S/C15H20BrN3/c1-11(18)15(12-3-5-13(16)6-4-12)19(10-2-9-17)14-7-8-14/h3-6,11,14-15H,2,7-8,10,18H2,1H3. The van der Waals surface area contributed by atoms with Crippen LogP contribution in [-0.4, -0.2) is 23.5 Å². The maximum atomic E-state index is 8.83. The van der Waals surface area contributed by atoms with E-state index in [1.807, 2.05) is 0 Å². The molecule has 0 bridgehead atoms. The smallest absolute Gasteiger partial charge is 0.0635 e. The normalized spacial score (nSPS) is 18.1. The predicted molar refractivity (Wildman–Crippen MR) is 80.5 cm³/mol. The lowest BCUT2D eigenvalue weighted by Crippen LogP contribution is -2.41. The van der Waals surface area contributed by atoms with Crippen molar-refractivity contribution in [2.45, 2.75) is 44.3 Å². The van der Waals surface area contributed by atoms with E-state index in [0.717, 1.165) is 11.0 Å². The van der Waals surface area contributed by atoms with E-state index < -0.39 is 0 Å². The lowest BCUT2D eigenvalue weighted by atomic mass is 9.98. The third-order valence-corrected chi connectivity index (χ3v) is 4.09. The van der Waals surface area contributed by atoms with Crippen LogP contribution in [-0.2, 0) is 0 Å². The Hall–Kier alpha value is -0.890. The molecule has 0 radical (unpaired) electrons. The van der Waals surface area contributed by atoms with Gasteiger partial charge in [-0.15, -0.1) is 0 Å². The number of nitriles is 1. The molecule has 1 aliphatic carbocycles. The fourth-order valence-electron chi connectivity index (χ4n) is 2.59. The quantitative estimate of drug-likeness (QED) is 0.875. The van der Waals surface area contributed by atoms with Crippen LogP contribution in [0.15, 0.2) is 28.7 Å². The number of hydrogen-bond donors (Lipinski definition) is 1. The van der Waals surface area contributed by atoms with Crippen molar-refractivity contribution in [3.63, 3.8) is 0 Å². The van der Waals surface area contributed by atoms with Crippen molar-refractivity contribution < 1.29 is 0 Å². The first-order valence-corrected chi connectivity index (χ1v) is 7.56. The van der Waals surface area contributed by atoms with Crippen LogP contribution in [0.5, 0.6) is 0 Å². The minimum absolute atomic E-state index is 0.0560. The highest BCUT2D eigenvalue weighted by Crippen LogP contribution is 2.36. The molecular weight excluding hydrogens is 302 g/mol. The van der Waals surface area contributed by atoms with Crippen LogP contribution in [0.4, 0.5) is 0 Å². The Kier molecular flexibility index (Phi) is 4.98. The van der Waals surface area contributed by atoms with Crippen LogP contribution in [0, 0.1) is 11.3 Å². The summed E-state index contributed by atoms with van der Waals surface area (Å²) in [5.41, 5.74) is 7.45. The molecule has 102 valence electrons. The summed E-state index contributed by atoms with van der Waals surface area (Å²) in [6, 6.07) is 11.5. The Bertz CT molecular complexity index is 445. The van der Waals surface area contributed by atoms with Gasteiger partial charge in [-0.25, -0.2) is 0 Å². The van der Waals surface area contributed by atoms with Crippen LogP contribution in [0.2, 0.25) is 0 Å². The average molecular weight is 322 g/mol. The van der Waals surface area contributed by atoms with Crippen LogP contribution in [0.3, 0.4) is 0 Å². The van der Waals surface area contributed by atoms with Gasteiger partial charge < -0.3 is 5.73 Å². The van der Waals surface area contributed by atoms with Gasteiger partial charge in [0.15, 0.2) is 0 Å². The number of nitrogens with two attached hydrogens (primary N) is 1. The van der Waals surface area contributed by atoms with Crippen molar-refractivity contribution in [1.82, 2.24) is 4.90 Å². The fourth-order valence-corrected chi connectivity index (χ4v) is 2.86. The third-order valence-electron chi connectivity index (χ3n) is 3.56. The molecule has 2 unspecified atom stereocenters. The third kappa shape index (κ3) is 3.79. The Balaban J connectivity index is 2.22. The Labute approximate surface area is 123 Å². The van der Waals surface area contributed by atoms with Gasteiger partial charge in [-0.1, -0.05) is 28.1 Å². The van der Waals surface area contributed by atoms with E-state index >= 15 is 0 Å². The van der Waals surface area contributed by atoms with Crippen molar-refractivity contribution in [2.75, 3.05) is 6.54 Å². The van der Waals surface area contributed by atoms with Crippen LogP contribution >= 0.6 is 15.9 Å². The van der Waals surface area contributed by atoms with Gasteiger partial charge in [-0.3, -0.25) is 4.90 Å². The molecule has 3 nitrogen and oxygen atoms in total. The highest BCUT2D eigenvalue weighted by atomic mass is 79.9. The maximum Gasteiger partial charge on any atom is 0.0635 e. The SMILES string of the molecule is CC(N)C(c1ccc(Br)cc1)N(CCC#N)C1CC1. The van der Waals surface area contributed by atoms with Gasteiger partial charge in [0.2, 0.25) is 0 Å². The summed E-state index contributed by atoms with van der Waals surface area (Å²) in [4.78, 5) is 2.41. The second kappa shape index (κ2) is 6.51. The topological polar surface area (TPSA) is 53.0 Å². The summed E-state index contributed by atoms with van der Waals surface area (Å²) < 4.78 is 1.08. The van der Waals surface area contributed by atoms with E-state index in [1.165, 1.54) is 18.4 Å². The van der Waals surface area contributed by atoms with E-state index in [9.17, 15) is 0 Å². The number of halogens is 1. The molecule has 19 heavy (non-hydrogen) atoms. The van der Waals surface area contributed by atoms with Crippen molar-refractivity contribution in [3.8, 4) is 6.07 Å². The van der Waals surface area contributed by atoms with Crippen molar-refractivity contribution >= 4 is 15.9 Å². The molecule has 2 rings (SSSR count). The van der Waals surface area contributed by atoms with Gasteiger partial charge in [0.25, 0.3) is 0 Å². The highest BCUT2D eigenvalue weighted by molar-refractivity contribution is 9.10. The molecule has 0 aromatic heterocycles. The molecular formula is C15H20BrN3. The number of benzene rings is 1. The Morgan fingerprint density at radius 2 is 2.05 bits per heavy atom. The Morgan fingerprint density at radius 1 is 1.42 bits per heavy atom. The fraction of sp³-hybridized carbons (Fsp3) is 0.533. The predicted octanol–water partition coefficient (Wildman–Crippen LogP) is 3.22. The summed E-state index contributed by atoms with van der Waals surface area (Å²) in [5, 5.41) is 8.83. The molecule has 4 heteroatoms. The number of hydrogen-bond acceptors (Lipinski definition) is 3. The lowest BCUT2D eigenvalue weighted by molar-refractivity contribution is 0.170. The van der Waals surface area contributed by atoms with Gasteiger partial charge in [0.1, 0.15) is 0 Å². The molecule has 1 aromatic carbocycles. The van der Waals surface area contributed by atoms with Crippen molar-refractivity contribution in [2.24, 2.45) is 5.73 Å². The van der Waals surface area contributed by atoms with Gasteiger partial charge >= 0.3 is 0 Å². The zero-order chi connectivity index (χ0) is 13.8. The molecule has 1 aromatic rings. The van der Waals surface area contributed by atoms with E-state index in [4.69, 9.17) is 11.0 Å². The molecule has 1 aliphatic rings. The molecule has 0 aliphatic heterocycles. The summed E-state index contributed by atoms with van der Waals surface area (Å²) in [5.74, 6) is 0. The van der Waals surface area contributed by atoms with Gasteiger partial charge in [-0.05, 0) is 37.5 Å². The zero-order valence-electron chi connectivity index (χ0n) is 11.2. The average Bonchev–Trinajstić information content (AvgIpc) is 3.20. The molecule has 2 atom stereocenters. The molecule has 1 saturated carbocycles. The monoisotopic (exact) mass is 321 g/mol. The first-order valence-electron chi connectivity index (χ1n) is 6.77. The van der Waals surface area contributed by atoms with E-state index in [1.54, 1.807) is 0 Å². The first kappa shape index (κ1) is 14.5. The summed E-state index contributed by atoms with van der Waals surface area (Å²) in [7, 11) is 0. The second-order valence-corrected chi connectivity index (χ2v) is 6.15. The Morgan fingerprint density at radius 3 is 2.53 bits per heavy atom. The van der Waals surface area contributed by atoms with Crippen molar-refractivity contribution in [3.05, 3.63) is 34.3 Å². The highest BCUT2D eigenvalue weighted by Gasteiger charge is 2.35. The second-order valence-electron chi connectivity index (χ2n) is 5.23. The van der Waals surface area contributed by atoms with Crippen molar-refractivity contribution in [1.29, 1.82) is 5.26 Å². The van der Waals surface area contributed by atoms with E-state index in [0.29, 0.717) is 12.5 Å². The molecule has 0 saturated heterocycles. The van der Waals surface area contributed by atoms with Gasteiger partial charge in [-0.2, -0.15) is 5.26 Å². The van der Waals surface area contributed by atoms with E-state index in [2.05, 4.69) is 58.1 Å². The van der Waals surface area contributed by atoms with Crippen LogP contribution < -0.4 is 5.73 Å². The lowest BCUT2D eigenvalue weighted by Gasteiger charge is -2.34. The summed E-state index contributed by atoms with van der Waals surface area (Å²) in [6.07, 6.45) is 3.02. The molecule has 2 N–H and O–H groups in total. The minimum Gasteiger partial charge on any atom is -0.326 e. The minimum atomic E-state index is 0.0560. The molecule has 0 heterocycles. The number of rotatable bonds is 6. The summed E-state index contributed by atoms with van der Waals surface area (Å²) >= 11 is 3.46. The zero-order valence-corrected chi connectivity index (χ0v) is 12.8.